The Balaban J connectivity index is 2.03. The highest BCUT2D eigenvalue weighted by Crippen LogP contribution is 2.31. The molecule has 1 unspecified atom stereocenters. The summed E-state index contributed by atoms with van der Waals surface area (Å²) in [6.07, 6.45) is 2.55. The molecule has 2 fully saturated rings. The molecule has 5 nitrogen and oxygen atoms in total. The van der Waals surface area contributed by atoms with Crippen LogP contribution in [-0.2, 0) is 19.1 Å². The summed E-state index contributed by atoms with van der Waals surface area (Å²) in [5, 5.41) is 0. The fraction of sp³-hybridized carbons (Fsp3) is 0.750. The van der Waals surface area contributed by atoms with Gasteiger partial charge in [0, 0.05) is 19.5 Å². The fourth-order valence-corrected chi connectivity index (χ4v) is 2.07. The normalized spacial score (nSPS) is 25.0. The molecular weight excluding hydrogens is 222 g/mol. The van der Waals surface area contributed by atoms with Gasteiger partial charge in [0.2, 0.25) is 5.91 Å². The highest BCUT2D eigenvalue weighted by Gasteiger charge is 2.42. The van der Waals surface area contributed by atoms with Gasteiger partial charge in [0.25, 0.3) is 0 Å². The number of ether oxygens (including phenoxy) is 1. The van der Waals surface area contributed by atoms with Crippen LogP contribution in [0.4, 0.5) is 0 Å². The summed E-state index contributed by atoms with van der Waals surface area (Å²) >= 11 is 0. The van der Waals surface area contributed by atoms with Crippen molar-refractivity contribution in [3.8, 4) is 0 Å². The number of amides is 1. The van der Waals surface area contributed by atoms with Crippen LogP contribution in [0.25, 0.3) is 0 Å². The van der Waals surface area contributed by atoms with Gasteiger partial charge in [0.1, 0.15) is 0 Å². The predicted octanol–water partition coefficient (Wildman–Crippen LogP) is 0.377. The van der Waals surface area contributed by atoms with E-state index in [9.17, 15) is 14.4 Å². The van der Waals surface area contributed by atoms with Crippen LogP contribution >= 0.6 is 0 Å². The molecule has 2 aliphatic rings. The maximum absolute atomic E-state index is 12.0. The second-order valence-corrected chi connectivity index (χ2v) is 4.63. The Morgan fingerprint density at radius 2 is 2.12 bits per heavy atom. The van der Waals surface area contributed by atoms with Crippen LogP contribution in [0.15, 0.2) is 0 Å². The smallest absolute Gasteiger partial charge is 0.326 e. The summed E-state index contributed by atoms with van der Waals surface area (Å²) in [5.74, 6) is -2.01. The zero-order valence-corrected chi connectivity index (χ0v) is 9.98. The molecule has 1 atom stereocenters. The molecule has 1 amide bonds. The summed E-state index contributed by atoms with van der Waals surface area (Å²) in [7, 11) is 0. The fourth-order valence-electron chi connectivity index (χ4n) is 2.07. The molecule has 94 valence electrons. The highest BCUT2D eigenvalue weighted by molar-refractivity contribution is 6.17. The molecule has 0 aromatic rings. The molecule has 0 bridgehead atoms. The van der Waals surface area contributed by atoms with E-state index in [1.807, 2.05) is 0 Å². The lowest BCUT2D eigenvalue weighted by molar-refractivity contribution is -0.161. The number of likely N-dealkylation sites (tertiary alicyclic amines) is 1. The van der Waals surface area contributed by atoms with E-state index in [1.165, 1.54) is 0 Å². The van der Waals surface area contributed by atoms with Crippen LogP contribution < -0.4 is 0 Å². The van der Waals surface area contributed by atoms with Crippen LogP contribution in [0.2, 0.25) is 0 Å². The number of ketones is 1. The van der Waals surface area contributed by atoms with E-state index in [0.29, 0.717) is 19.0 Å². The second-order valence-electron chi connectivity index (χ2n) is 4.63. The van der Waals surface area contributed by atoms with E-state index >= 15 is 0 Å². The van der Waals surface area contributed by atoms with Gasteiger partial charge in [-0.1, -0.05) is 0 Å². The van der Waals surface area contributed by atoms with Gasteiger partial charge in [0.15, 0.2) is 11.7 Å². The van der Waals surface area contributed by atoms with Crippen LogP contribution in [0.5, 0.6) is 0 Å². The quantitative estimate of drug-likeness (QED) is 0.525. The lowest BCUT2D eigenvalue weighted by Gasteiger charge is -2.30. The topological polar surface area (TPSA) is 63.7 Å². The van der Waals surface area contributed by atoms with E-state index in [4.69, 9.17) is 4.74 Å². The van der Waals surface area contributed by atoms with Gasteiger partial charge < -0.3 is 9.64 Å². The maximum atomic E-state index is 12.0. The monoisotopic (exact) mass is 239 g/mol. The van der Waals surface area contributed by atoms with Crippen LogP contribution in [0.1, 0.15) is 26.2 Å². The third-order valence-corrected chi connectivity index (χ3v) is 3.21. The largest absolute Gasteiger partial charge is 0.465 e. The molecule has 1 saturated heterocycles. The lowest BCUT2D eigenvalue weighted by atomic mass is 9.95. The van der Waals surface area contributed by atoms with E-state index in [2.05, 4.69) is 0 Å². The van der Waals surface area contributed by atoms with E-state index in [1.54, 1.807) is 11.8 Å². The number of nitrogens with zero attached hydrogens (tertiary/aromatic N) is 1. The lowest BCUT2D eigenvalue weighted by Crippen LogP contribution is -2.50. The van der Waals surface area contributed by atoms with E-state index in [-0.39, 0.29) is 24.7 Å². The first-order valence-electron chi connectivity index (χ1n) is 6.11. The number of piperidine rings is 1. The molecule has 1 saturated carbocycles. The molecule has 1 aliphatic carbocycles. The maximum Gasteiger partial charge on any atom is 0.326 e. The van der Waals surface area contributed by atoms with Crippen molar-refractivity contribution in [3.05, 3.63) is 0 Å². The number of rotatable bonds is 4. The Labute approximate surface area is 100 Å². The number of carbonyl (C=O) groups excluding carboxylic acids is 3. The molecule has 0 radical (unpaired) electrons. The first-order chi connectivity index (χ1) is 8.13. The van der Waals surface area contributed by atoms with Crippen molar-refractivity contribution >= 4 is 17.7 Å². The summed E-state index contributed by atoms with van der Waals surface area (Å²) < 4.78 is 4.78. The Morgan fingerprint density at radius 3 is 2.71 bits per heavy atom. The van der Waals surface area contributed by atoms with Crippen molar-refractivity contribution in [1.29, 1.82) is 0 Å². The molecule has 1 aliphatic heterocycles. The Kier molecular flexibility index (Phi) is 3.45. The molecule has 0 spiro atoms. The van der Waals surface area contributed by atoms with Crippen LogP contribution in [0.3, 0.4) is 0 Å². The summed E-state index contributed by atoms with van der Waals surface area (Å²) in [5.41, 5.74) is 0. The molecule has 0 N–H and O–H groups in total. The van der Waals surface area contributed by atoms with Gasteiger partial charge in [0.05, 0.1) is 6.61 Å². The van der Waals surface area contributed by atoms with Crippen molar-refractivity contribution in [1.82, 2.24) is 4.90 Å². The van der Waals surface area contributed by atoms with Gasteiger partial charge in [-0.3, -0.25) is 14.4 Å². The molecule has 5 heteroatoms. The van der Waals surface area contributed by atoms with Crippen molar-refractivity contribution < 1.29 is 19.1 Å². The number of esters is 1. The number of Topliss-reactive ketones (excluding diaryl/α,β-unsaturated/α-hetero) is 1. The molecule has 2 rings (SSSR count). The van der Waals surface area contributed by atoms with Crippen molar-refractivity contribution in [2.75, 3.05) is 19.7 Å². The standard InChI is InChI=1S/C12H17NO4/c1-2-17-12(16)10-9(14)5-6-13(11(10)15)7-8-3-4-8/h8,10H,2-7H2,1H3. The minimum atomic E-state index is -1.21. The molecule has 0 aromatic heterocycles. The first kappa shape index (κ1) is 12.1. The second kappa shape index (κ2) is 4.85. The number of hydrogen-bond acceptors (Lipinski definition) is 4. The Bertz CT molecular complexity index is 348. The van der Waals surface area contributed by atoms with Gasteiger partial charge in [-0.2, -0.15) is 0 Å². The van der Waals surface area contributed by atoms with Gasteiger partial charge in [-0.25, -0.2) is 0 Å². The molecule has 1 heterocycles. The summed E-state index contributed by atoms with van der Waals surface area (Å²) in [6, 6.07) is 0. The van der Waals surface area contributed by atoms with Gasteiger partial charge in [-0.05, 0) is 25.7 Å². The Morgan fingerprint density at radius 1 is 1.41 bits per heavy atom. The molecule has 0 aromatic carbocycles. The van der Waals surface area contributed by atoms with Gasteiger partial charge >= 0.3 is 5.97 Å². The average Bonchev–Trinajstić information content (AvgIpc) is 3.07. The highest BCUT2D eigenvalue weighted by atomic mass is 16.5. The zero-order chi connectivity index (χ0) is 12.4. The van der Waals surface area contributed by atoms with Gasteiger partial charge in [-0.15, -0.1) is 0 Å². The minimum absolute atomic E-state index is 0.193. The number of carbonyl (C=O) groups is 3. The minimum Gasteiger partial charge on any atom is -0.465 e. The van der Waals surface area contributed by atoms with Crippen molar-refractivity contribution in [3.63, 3.8) is 0 Å². The SMILES string of the molecule is CCOC(=O)C1C(=O)CCN(CC2CC2)C1=O. The van der Waals surface area contributed by atoms with E-state index in [0.717, 1.165) is 12.8 Å². The predicted molar refractivity (Wildman–Crippen MR) is 59.1 cm³/mol. The van der Waals surface area contributed by atoms with Crippen LogP contribution in [-0.4, -0.2) is 42.3 Å². The first-order valence-corrected chi connectivity index (χ1v) is 6.11. The summed E-state index contributed by atoms with van der Waals surface area (Å²) in [4.78, 5) is 36.9. The van der Waals surface area contributed by atoms with Crippen molar-refractivity contribution in [2.24, 2.45) is 11.8 Å². The average molecular weight is 239 g/mol. The Hall–Kier alpha value is -1.39. The summed E-state index contributed by atoms with van der Waals surface area (Å²) in [6.45, 7) is 2.99. The van der Waals surface area contributed by atoms with Crippen LogP contribution in [0, 0.1) is 11.8 Å². The van der Waals surface area contributed by atoms with E-state index < -0.39 is 11.9 Å². The third kappa shape index (κ3) is 2.65. The zero-order valence-electron chi connectivity index (χ0n) is 9.98. The van der Waals surface area contributed by atoms with Crippen molar-refractivity contribution in [2.45, 2.75) is 26.2 Å². The molecular formula is C12H17NO4. The third-order valence-electron chi connectivity index (χ3n) is 3.21. The molecule has 17 heavy (non-hydrogen) atoms. The number of hydrogen-bond donors (Lipinski definition) is 0.